The Morgan fingerprint density at radius 3 is 2.71 bits per heavy atom. The second kappa shape index (κ2) is 4.63. The van der Waals surface area contributed by atoms with Crippen molar-refractivity contribution in [1.82, 2.24) is 10.2 Å². The van der Waals surface area contributed by atoms with E-state index in [0.29, 0.717) is 5.56 Å². The minimum Gasteiger partial charge on any atom is -0.369 e. The fourth-order valence-corrected chi connectivity index (χ4v) is 2.76. The van der Waals surface area contributed by atoms with E-state index in [-0.39, 0.29) is 24.0 Å². The van der Waals surface area contributed by atoms with Gasteiger partial charge in [-0.05, 0) is 31.0 Å². The lowest BCUT2D eigenvalue weighted by atomic mass is 10.0. The molecule has 2 aliphatic rings. The molecule has 2 heterocycles. The minimum absolute atomic E-state index is 0.0512. The van der Waals surface area contributed by atoms with Gasteiger partial charge in [-0.15, -0.1) is 0 Å². The molecule has 2 atom stereocenters. The van der Waals surface area contributed by atoms with E-state index in [4.69, 9.17) is 0 Å². The number of amides is 3. The summed E-state index contributed by atoms with van der Waals surface area (Å²) >= 11 is 0. The van der Waals surface area contributed by atoms with Crippen molar-refractivity contribution in [2.75, 3.05) is 0 Å². The van der Waals surface area contributed by atoms with E-state index < -0.39 is 35.8 Å². The molecule has 6 nitrogen and oxygen atoms in total. The zero-order chi connectivity index (χ0) is 15.3. The van der Waals surface area contributed by atoms with Crippen LogP contribution in [0.3, 0.4) is 0 Å². The molecule has 21 heavy (non-hydrogen) atoms. The molecule has 7 heteroatoms. The molecule has 0 aromatic heterocycles. The number of aliphatic hydroxyl groups is 1. The number of fused-ring (bicyclic) bond motifs is 1. The third-order valence-electron chi connectivity index (χ3n) is 3.88. The average molecular weight is 292 g/mol. The maximum Gasteiger partial charge on any atom is 0.257 e. The van der Waals surface area contributed by atoms with Crippen molar-refractivity contribution in [2.24, 2.45) is 0 Å². The molecule has 1 aromatic rings. The van der Waals surface area contributed by atoms with Gasteiger partial charge in [0.05, 0.1) is 5.56 Å². The van der Waals surface area contributed by atoms with Crippen LogP contribution in [-0.4, -0.2) is 33.8 Å². The van der Waals surface area contributed by atoms with E-state index in [0.717, 1.165) is 11.0 Å². The summed E-state index contributed by atoms with van der Waals surface area (Å²) < 4.78 is 13.6. The van der Waals surface area contributed by atoms with Crippen molar-refractivity contribution in [3.8, 4) is 0 Å². The fourth-order valence-electron chi connectivity index (χ4n) is 2.76. The van der Waals surface area contributed by atoms with E-state index in [9.17, 15) is 23.9 Å². The molecule has 2 N–H and O–H groups in total. The Morgan fingerprint density at radius 1 is 1.33 bits per heavy atom. The van der Waals surface area contributed by atoms with Crippen LogP contribution in [0.25, 0.3) is 0 Å². The van der Waals surface area contributed by atoms with E-state index in [1.807, 2.05) is 0 Å². The second-order valence-corrected chi connectivity index (χ2v) is 5.24. The lowest BCUT2D eigenvalue weighted by molar-refractivity contribution is -0.139. The highest BCUT2D eigenvalue weighted by Crippen LogP contribution is 2.36. The number of nitrogens with one attached hydrogen (secondary N) is 1. The number of aliphatic hydroxyl groups excluding tert-OH is 1. The third kappa shape index (κ3) is 2.01. The number of carbonyl (C=O) groups is 3. The van der Waals surface area contributed by atoms with E-state index in [1.54, 1.807) is 0 Å². The number of aryl methyl sites for hydroxylation is 1. The Bertz CT molecular complexity index is 673. The summed E-state index contributed by atoms with van der Waals surface area (Å²) in [5.74, 6) is -2.18. The summed E-state index contributed by atoms with van der Waals surface area (Å²) in [5, 5.41) is 12.4. The SMILES string of the molecule is Cc1cc2c(cc1F)C(=O)N([C@@H]1CCC(=O)NC1=O)C2O. The number of carbonyl (C=O) groups excluding carboxylic acids is 3. The van der Waals surface area contributed by atoms with Crippen LogP contribution in [0.5, 0.6) is 0 Å². The van der Waals surface area contributed by atoms with Crippen molar-refractivity contribution in [3.05, 3.63) is 34.6 Å². The van der Waals surface area contributed by atoms with Gasteiger partial charge in [-0.2, -0.15) is 0 Å². The molecule has 1 aromatic carbocycles. The fraction of sp³-hybridized carbons (Fsp3) is 0.357. The predicted molar refractivity (Wildman–Crippen MR) is 68.4 cm³/mol. The summed E-state index contributed by atoms with van der Waals surface area (Å²) in [7, 11) is 0. The quantitative estimate of drug-likeness (QED) is 0.733. The molecule has 110 valence electrons. The summed E-state index contributed by atoms with van der Waals surface area (Å²) in [6.07, 6.45) is -1.07. The van der Waals surface area contributed by atoms with Crippen LogP contribution in [0.15, 0.2) is 12.1 Å². The van der Waals surface area contributed by atoms with Crippen LogP contribution in [0.2, 0.25) is 0 Å². The lowest BCUT2D eigenvalue weighted by Gasteiger charge is -2.31. The molecule has 2 aliphatic heterocycles. The van der Waals surface area contributed by atoms with E-state index in [1.165, 1.54) is 13.0 Å². The summed E-state index contributed by atoms with van der Waals surface area (Å²) in [6, 6.07) is 1.54. The summed E-state index contributed by atoms with van der Waals surface area (Å²) in [4.78, 5) is 36.4. The van der Waals surface area contributed by atoms with Gasteiger partial charge in [-0.3, -0.25) is 24.6 Å². The van der Waals surface area contributed by atoms with Gasteiger partial charge in [0, 0.05) is 12.0 Å². The molecule has 0 radical (unpaired) electrons. The first-order valence-electron chi connectivity index (χ1n) is 6.54. The number of hydrogen-bond donors (Lipinski definition) is 2. The first kappa shape index (κ1) is 13.7. The lowest BCUT2D eigenvalue weighted by Crippen LogP contribution is -2.53. The maximum atomic E-state index is 13.6. The van der Waals surface area contributed by atoms with Crippen molar-refractivity contribution < 1.29 is 23.9 Å². The molecule has 0 aliphatic carbocycles. The Morgan fingerprint density at radius 2 is 2.05 bits per heavy atom. The molecule has 0 saturated carbocycles. The largest absolute Gasteiger partial charge is 0.369 e. The topological polar surface area (TPSA) is 86.7 Å². The summed E-state index contributed by atoms with van der Waals surface area (Å²) in [6.45, 7) is 1.53. The highest BCUT2D eigenvalue weighted by molar-refractivity contribution is 6.05. The van der Waals surface area contributed by atoms with Crippen LogP contribution in [0, 0.1) is 12.7 Å². The van der Waals surface area contributed by atoms with Crippen LogP contribution in [0.1, 0.15) is 40.6 Å². The first-order chi connectivity index (χ1) is 9.90. The van der Waals surface area contributed by atoms with E-state index >= 15 is 0 Å². The van der Waals surface area contributed by atoms with Gasteiger partial charge >= 0.3 is 0 Å². The molecule has 0 spiro atoms. The monoisotopic (exact) mass is 292 g/mol. The minimum atomic E-state index is -1.31. The van der Waals surface area contributed by atoms with Gasteiger partial charge in [0.1, 0.15) is 11.9 Å². The third-order valence-corrected chi connectivity index (χ3v) is 3.88. The van der Waals surface area contributed by atoms with Crippen LogP contribution in [0.4, 0.5) is 4.39 Å². The number of imide groups is 1. The van der Waals surface area contributed by atoms with Crippen LogP contribution in [-0.2, 0) is 9.59 Å². The predicted octanol–water partition coefficient (Wildman–Crippen LogP) is 0.386. The van der Waals surface area contributed by atoms with Gasteiger partial charge < -0.3 is 5.11 Å². The molecule has 1 saturated heterocycles. The standard InChI is InChI=1S/C14H13FN2O4/c1-6-4-7-8(5-9(6)15)14(21)17(13(7)20)10-2-3-11(18)16-12(10)19/h4-5,10,13,20H,2-3H2,1H3,(H,16,18,19)/t10-,13?/m1/s1. The Kier molecular flexibility index (Phi) is 3.02. The highest BCUT2D eigenvalue weighted by atomic mass is 19.1. The Balaban J connectivity index is 1.98. The number of piperidine rings is 1. The van der Waals surface area contributed by atoms with Gasteiger partial charge in [0.2, 0.25) is 11.8 Å². The van der Waals surface area contributed by atoms with Crippen molar-refractivity contribution in [3.63, 3.8) is 0 Å². The summed E-state index contributed by atoms with van der Waals surface area (Å²) in [5.41, 5.74) is 0.643. The highest BCUT2D eigenvalue weighted by Gasteiger charge is 2.44. The number of nitrogens with zero attached hydrogens (tertiary/aromatic N) is 1. The maximum absolute atomic E-state index is 13.6. The first-order valence-corrected chi connectivity index (χ1v) is 6.54. The normalized spacial score (nSPS) is 25.1. The molecular weight excluding hydrogens is 279 g/mol. The van der Waals surface area contributed by atoms with Gasteiger partial charge in [0.25, 0.3) is 5.91 Å². The van der Waals surface area contributed by atoms with Crippen molar-refractivity contribution >= 4 is 17.7 Å². The number of hydrogen-bond acceptors (Lipinski definition) is 4. The Labute approximate surface area is 119 Å². The molecule has 1 unspecified atom stereocenters. The van der Waals surface area contributed by atoms with Crippen LogP contribution < -0.4 is 5.32 Å². The molecular formula is C14H13FN2O4. The zero-order valence-electron chi connectivity index (χ0n) is 11.2. The van der Waals surface area contributed by atoms with Crippen molar-refractivity contribution in [2.45, 2.75) is 32.0 Å². The van der Waals surface area contributed by atoms with E-state index in [2.05, 4.69) is 5.32 Å². The molecule has 1 fully saturated rings. The van der Waals surface area contributed by atoms with Crippen molar-refractivity contribution in [1.29, 1.82) is 0 Å². The number of halogens is 1. The zero-order valence-corrected chi connectivity index (χ0v) is 11.2. The number of benzene rings is 1. The van der Waals surface area contributed by atoms with Gasteiger partial charge in [-0.25, -0.2) is 4.39 Å². The molecule has 0 bridgehead atoms. The van der Waals surface area contributed by atoms with Gasteiger partial charge in [0.15, 0.2) is 6.23 Å². The molecule has 3 rings (SSSR count). The Hall–Kier alpha value is -2.28. The smallest absolute Gasteiger partial charge is 0.257 e. The van der Waals surface area contributed by atoms with Gasteiger partial charge in [-0.1, -0.05) is 0 Å². The van der Waals surface area contributed by atoms with Crippen LogP contribution >= 0.6 is 0 Å². The number of rotatable bonds is 1. The molecule has 3 amide bonds. The second-order valence-electron chi connectivity index (χ2n) is 5.24. The average Bonchev–Trinajstić information content (AvgIpc) is 2.64.